The fourth-order valence-electron chi connectivity index (χ4n) is 5.56. The second kappa shape index (κ2) is 45.1. The lowest BCUT2D eigenvalue weighted by molar-refractivity contribution is -0.134. The van der Waals surface area contributed by atoms with Crippen molar-refractivity contribution in [1.29, 1.82) is 5.41 Å². The Morgan fingerprint density at radius 3 is 1.47 bits per heavy atom. The topological polar surface area (TPSA) is 336 Å². The minimum absolute atomic E-state index is 0. The number of allylic oxidation sites excluding steroid dienone is 12. The Bertz CT molecular complexity index is 2450. The number of amides is 1. The largest absolute Gasteiger partial charge is 0.555 e. The van der Waals surface area contributed by atoms with Gasteiger partial charge in [0.25, 0.3) is 5.97 Å². The zero-order valence-electron chi connectivity index (χ0n) is 41.9. The van der Waals surface area contributed by atoms with E-state index >= 15 is 0 Å². The number of esters is 2. The molecule has 0 unspecified atom stereocenters. The van der Waals surface area contributed by atoms with E-state index in [-0.39, 0.29) is 105 Å². The Labute approximate surface area is 447 Å². The van der Waals surface area contributed by atoms with Crippen LogP contribution in [0.25, 0.3) is 0 Å². The van der Waals surface area contributed by atoms with Gasteiger partial charge in [-0.1, -0.05) is 107 Å². The van der Waals surface area contributed by atoms with Crippen LogP contribution in [-0.4, -0.2) is 108 Å². The number of rotatable bonds is 28. The molecule has 0 saturated heterocycles. The van der Waals surface area contributed by atoms with Crippen molar-refractivity contribution in [2.24, 2.45) is 5.73 Å². The van der Waals surface area contributed by atoms with Gasteiger partial charge in [0.15, 0.2) is 11.6 Å². The zero-order valence-corrected chi connectivity index (χ0v) is 41.9. The standard InChI is InChI=1S/C32H41NO5.C11H13NO4.C8H9NO3.C3H5BNO3.2CH4/c1-2-3-4-5-6-7-8-9-10-11-12-13-14-15-16-17-18-19-20-21-31(36)33-26-28(34)24-27-22-23-30(35)29(25-27)32(37)38;1-16-11(15)9-5-7(2-3-10(9)14)4-8(13)6-12;1-12-8(11)6-4-5(9)2-3-7(6)10;5-2-8-4-1-3(6)7;;/h3-4,6-7,9-10,12-13,15-16,18-19,22-23,25,35H,2,5,8,11,14,17,20-21,24,26H2,1H3,(H,33,36)(H,37,38);2-3,5,14H,4,6,12H2,1H3;2-4,10H,9H2,1H3;2,5H,1H2,(H,6,7);2*1H4/b4-3-,7-6-,10-9-,13-12-,16-15-,19-18-;;;;;. The number of ketones is 2. The van der Waals surface area contributed by atoms with Crippen molar-refractivity contribution >= 4 is 60.9 Å². The highest BCUT2D eigenvalue weighted by molar-refractivity contribution is 6.35. The number of carboxylic acids is 2. The minimum Gasteiger partial charge on any atom is -0.555 e. The summed E-state index contributed by atoms with van der Waals surface area (Å²) in [5, 5.41) is 54.0. The van der Waals surface area contributed by atoms with Gasteiger partial charge in [0.1, 0.15) is 40.3 Å². The van der Waals surface area contributed by atoms with E-state index in [0.717, 1.165) is 46.0 Å². The van der Waals surface area contributed by atoms with E-state index in [0.29, 0.717) is 29.6 Å². The number of phenols is 3. The van der Waals surface area contributed by atoms with E-state index in [2.05, 4.69) is 87.1 Å². The number of aromatic hydroxyl groups is 3. The summed E-state index contributed by atoms with van der Waals surface area (Å²) in [7, 11) is 3.50. The molecule has 0 spiro atoms. The number of phenolic OH excluding ortho intramolecular Hbond substituents is 2. The van der Waals surface area contributed by atoms with E-state index in [1.165, 1.54) is 62.8 Å². The Hall–Kier alpha value is -8.52. The Morgan fingerprint density at radius 1 is 0.618 bits per heavy atom. The third-order valence-electron chi connectivity index (χ3n) is 9.25. The number of hydrogen-bond donors (Lipinski definition) is 9. The van der Waals surface area contributed by atoms with Crippen LogP contribution in [0.3, 0.4) is 0 Å². The maximum atomic E-state index is 12.1. The van der Waals surface area contributed by atoms with Crippen LogP contribution < -0.4 is 16.8 Å². The number of methoxy groups -OCH3 is 2. The van der Waals surface area contributed by atoms with Gasteiger partial charge in [0.05, 0.1) is 33.6 Å². The first-order valence-corrected chi connectivity index (χ1v) is 23.1. The Balaban J connectivity index is -0.00000114. The number of Topliss-reactive ketones (excluding diaryl/α,β-unsaturated/α-hetero) is 2. The molecule has 0 aliphatic rings. The minimum atomic E-state index is -1.26. The lowest BCUT2D eigenvalue weighted by Crippen LogP contribution is -2.30. The molecular weight excluding hydrogens is 979 g/mol. The number of carbonyl (C=O) groups excluding carboxylic acids is 5. The van der Waals surface area contributed by atoms with Gasteiger partial charge in [-0.2, -0.15) is 0 Å². The van der Waals surface area contributed by atoms with Crippen LogP contribution in [0.15, 0.2) is 128 Å². The molecule has 0 bridgehead atoms. The van der Waals surface area contributed by atoms with Gasteiger partial charge in [-0.25, -0.2) is 14.4 Å². The summed E-state index contributed by atoms with van der Waals surface area (Å²) in [6.45, 7) is 1.97. The third-order valence-corrected chi connectivity index (χ3v) is 9.25. The fourth-order valence-corrected chi connectivity index (χ4v) is 5.56. The van der Waals surface area contributed by atoms with Crippen molar-refractivity contribution in [3.05, 3.63) is 155 Å². The summed E-state index contributed by atoms with van der Waals surface area (Å²) in [5.74, 6) is -4.71. The number of benzene rings is 3. The van der Waals surface area contributed by atoms with Gasteiger partial charge in [-0.3, -0.25) is 24.6 Å². The fraction of sp³-hybridized carbons (Fsp3) is 0.321. The number of aromatic carboxylic acids is 1. The number of anilines is 1. The Morgan fingerprint density at radius 2 is 1.04 bits per heavy atom. The van der Waals surface area contributed by atoms with E-state index in [9.17, 15) is 48.9 Å². The molecule has 1 amide bonds. The number of nitrogens with one attached hydrogen (secondary N) is 2. The number of nitrogens with two attached hydrogens (primary N) is 2. The second-order valence-electron chi connectivity index (χ2n) is 15.2. The van der Waals surface area contributed by atoms with Crippen molar-refractivity contribution in [2.45, 2.75) is 92.3 Å². The first-order valence-electron chi connectivity index (χ1n) is 23.1. The number of nitrogen functional groups attached to an aromatic ring is 1. The summed E-state index contributed by atoms with van der Waals surface area (Å²) in [5.41, 5.74) is 12.0. The third kappa shape index (κ3) is 35.6. The molecule has 0 aliphatic carbocycles. The molecule has 0 aliphatic heterocycles. The predicted octanol–water partition coefficient (Wildman–Crippen LogP) is 8.81. The summed E-state index contributed by atoms with van der Waals surface area (Å²) in [6.07, 6.45) is 32.8. The molecule has 0 atom stereocenters. The molecule has 0 heterocycles. The van der Waals surface area contributed by atoms with Crippen LogP contribution in [0, 0.1) is 5.41 Å². The SMILES string of the molecule is C.C.CC/C=C\C/C=C\C/C=C\C/C=C\C/C=C\C/C=C\CCC(=O)NCC(=O)Cc1ccc(O)c(C(=O)O)c1.COC(=O)c1cc(CC(=O)CN)ccc1O.COC(=O)c1cc(N)ccc1O.N=CO[B]CC(=O)O. The summed E-state index contributed by atoms with van der Waals surface area (Å²) in [4.78, 5) is 78.1. The molecule has 413 valence electrons. The van der Waals surface area contributed by atoms with Gasteiger partial charge in [-0.15, -0.1) is 0 Å². The van der Waals surface area contributed by atoms with Gasteiger partial charge in [0, 0.05) is 24.9 Å². The first-order chi connectivity index (χ1) is 35.4. The molecule has 76 heavy (non-hydrogen) atoms. The van der Waals surface area contributed by atoms with Crippen molar-refractivity contribution in [1.82, 2.24) is 5.32 Å². The molecule has 0 saturated carbocycles. The van der Waals surface area contributed by atoms with E-state index in [1.54, 1.807) is 6.07 Å². The monoisotopic (exact) mass is 1060 g/mol. The number of aliphatic carboxylic acids is 1. The molecule has 1 radical (unpaired) electrons. The lowest BCUT2D eigenvalue weighted by atomic mass is 9.96. The van der Waals surface area contributed by atoms with Gasteiger partial charge < -0.3 is 56.4 Å². The van der Waals surface area contributed by atoms with Crippen LogP contribution in [0.2, 0.25) is 6.32 Å². The molecular formula is C56H76BN4O15. The van der Waals surface area contributed by atoms with E-state index < -0.39 is 23.9 Å². The van der Waals surface area contributed by atoms with Gasteiger partial charge in [-0.05, 0) is 98.5 Å². The first kappa shape index (κ1) is 71.7. The second-order valence-corrected chi connectivity index (χ2v) is 15.2. The predicted molar refractivity (Wildman–Crippen MR) is 297 cm³/mol. The quantitative estimate of drug-likeness (QED) is 0.00479. The maximum Gasteiger partial charge on any atom is 0.382 e. The molecule has 3 aromatic rings. The van der Waals surface area contributed by atoms with Crippen LogP contribution in [0.4, 0.5) is 5.69 Å². The van der Waals surface area contributed by atoms with Crippen molar-refractivity contribution in [2.75, 3.05) is 33.0 Å². The summed E-state index contributed by atoms with van der Waals surface area (Å²) in [6, 6.07) is 12.6. The van der Waals surface area contributed by atoms with Crippen molar-refractivity contribution in [3.8, 4) is 17.2 Å². The van der Waals surface area contributed by atoms with Crippen LogP contribution in [-0.2, 0) is 46.1 Å². The van der Waals surface area contributed by atoms with Gasteiger partial charge >= 0.3 is 25.4 Å². The van der Waals surface area contributed by atoms with Crippen LogP contribution in [0.1, 0.15) is 115 Å². The molecule has 3 rings (SSSR count). The summed E-state index contributed by atoms with van der Waals surface area (Å²) < 4.78 is 13.1. The highest BCUT2D eigenvalue weighted by atomic mass is 16.5. The van der Waals surface area contributed by atoms with Crippen LogP contribution in [0.5, 0.6) is 17.2 Å². The number of carboxylic acid groups (broad SMARTS) is 2. The maximum absolute atomic E-state index is 12.1. The summed E-state index contributed by atoms with van der Waals surface area (Å²) >= 11 is 0. The molecule has 20 heteroatoms. The number of ether oxygens (including phenoxy) is 2. The number of carbonyl (C=O) groups is 7. The van der Waals surface area contributed by atoms with Crippen LogP contribution >= 0.6 is 0 Å². The smallest absolute Gasteiger partial charge is 0.382 e. The molecule has 3 aromatic carbocycles. The van der Waals surface area contributed by atoms with E-state index in [1.807, 2.05) is 12.2 Å². The van der Waals surface area contributed by atoms with Crippen molar-refractivity contribution in [3.63, 3.8) is 0 Å². The highest BCUT2D eigenvalue weighted by Crippen LogP contribution is 2.22. The molecule has 0 aromatic heterocycles. The average molecular weight is 1060 g/mol. The van der Waals surface area contributed by atoms with Gasteiger partial charge in [0.2, 0.25) is 5.91 Å². The number of hydrogen-bond acceptors (Lipinski definition) is 16. The molecule has 19 nitrogen and oxygen atoms in total. The molecule has 0 fully saturated rings. The van der Waals surface area contributed by atoms with Crippen molar-refractivity contribution < 1.29 is 73.2 Å². The average Bonchev–Trinajstić information content (AvgIpc) is 3.38. The Kier molecular flexibility index (Phi) is 42.6. The highest BCUT2D eigenvalue weighted by Gasteiger charge is 2.15. The molecule has 11 N–H and O–H groups in total. The zero-order chi connectivity index (χ0) is 55.5. The normalized spacial score (nSPS) is 10.5. The van der Waals surface area contributed by atoms with E-state index in [4.69, 9.17) is 27.1 Å². The lowest BCUT2D eigenvalue weighted by Gasteiger charge is -2.06.